The molecule has 0 bridgehead atoms. The van der Waals surface area contributed by atoms with E-state index in [-0.39, 0.29) is 12.5 Å². The molecule has 9 heteroatoms. The highest BCUT2D eigenvalue weighted by molar-refractivity contribution is 6.44. The second-order valence-electron chi connectivity index (χ2n) is 5.06. The van der Waals surface area contributed by atoms with Crippen molar-refractivity contribution in [3.05, 3.63) is 39.3 Å². The topological polar surface area (TPSA) is 68.8 Å². The number of ether oxygens (including phenoxy) is 3. The Hall–Kier alpha value is -2.02. The summed E-state index contributed by atoms with van der Waals surface area (Å²) in [6, 6.07) is 6.35. The third-order valence-corrected chi connectivity index (χ3v) is 4.44. The molecule has 0 radical (unpaired) electrons. The summed E-state index contributed by atoms with van der Waals surface area (Å²) in [4.78, 5) is 12.2. The Morgan fingerprint density at radius 1 is 0.885 bits per heavy atom. The van der Waals surface area contributed by atoms with Crippen LogP contribution in [0.1, 0.15) is 0 Å². The van der Waals surface area contributed by atoms with Crippen molar-refractivity contribution in [2.24, 2.45) is 0 Å². The lowest BCUT2D eigenvalue weighted by molar-refractivity contribution is -0.114. The van der Waals surface area contributed by atoms with E-state index in [4.69, 9.17) is 49.0 Å². The molecule has 0 aliphatic carbocycles. The largest absolute Gasteiger partial charge is 0.493 e. The Morgan fingerprint density at radius 3 is 2.00 bits per heavy atom. The second kappa shape index (κ2) is 9.07. The first-order chi connectivity index (χ1) is 12.4. The van der Waals surface area contributed by atoms with Gasteiger partial charge < -0.3 is 24.8 Å². The predicted molar refractivity (Wildman–Crippen MR) is 105 cm³/mol. The quantitative estimate of drug-likeness (QED) is 0.635. The van der Waals surface area contributed by atoms with Crippen LogP contribution in [0.15, 0.2) is 24.3 Å². The lowest BCUT2D eigenvalue weighted by Gasteiger charge is -2.15. The van der Waals surface area contributed by atoms with Gasteiger partial charge in [0, 0.05) is 17.8 Å². The molecule has 0 saturated carbocycles. The number of benzene rings is 2. The molecule has 0 aliphatic rings. The summed E-state index contributed by atoms with van der Waals surface area (Å²) in [5, 5.41) is 6.54. The molecule has 6 nitrogen and oxygen atoms in total. The van der Waals surface area contributed by atoms with Gasteiger partial charge in [-0.25, -0.2) is 0 Å². The fourth-order valence-electron chi connectivity index (χ4n) is 2.18. The summed E-state index contributed by atoms with van der Waals surface area (Å²) in [5.74, 6) is 1.09. The molecule has 2 aromatic carbocycles. The lowest BCUT2D eigenvalue weighted by Crippen LogP contribution is -2.22. The van der Waals surface area contributed by atoms with Crippen LogP contribution in [-0.4, -0.2) is 33.8 Å². The molecule has 0 spiro atoms. The van der Waals surface area contributed by atoms with E-state index in [2.05, 4.69) is 10.6 Å². The Bertz CT molecular complexity index is 790. The van der Waals surface area contributed by atoms with E-state index < -0.39 is 0 Å². The highest BCUT2D eigenvalue weighted by atomic mass is 35.5. The molecule has 0 heterocycles. The SMILES string of the molecule is COc1cc(NCC(=O)Nc2cc(Cl)c(Cl)cc2Cl)cc(OC)c1OC. The van der Waals surface area contributed by atoms with Gasteiger partial charge in [-0.15, -0.1) is 0 Å². The van der Waals surface area contributed by atoms with Gasteiger partial charge in [-0.1, -0.05) is 34.8 Å². The van der Waals surface area contributed by atoms with E-state index in [9.17, 15) is 4.79 Å². The first-order valence-corrected chi connectivity index (χ1v) is 8.51. The Balaban J connectivity index is 2.09. The van der Waals surface area contributed by atoms with Crippen molar-refractivity contribution < 1.29 is 19.0 Å². The minimum Gasteiger partial charge on any atom is -0.493 e. The zero-order valence-electron chi connectivity index (χ0n) is 14.3. The van der Waals surface area contributed by atoms with Crippen molar-refractivity contribution in [2.75, 3.05) is 38.5 Å². The van der Waals surface area contributed by atoms with Crippen LogP contribution in [0, 0.1) is 0 Å². The molecule has 0 aliphatic heterocycles. The van der Waals surface area contributed by atoms with Crippen molar-refractivity contribution >= 4 is 52.1 Å². The van der Waals surface area contributed by atoms with E-state index in [1.807, 2.05) is 0 Å². The van der Waals surface area contributed by atoms with Gasteiger partial charge in [0.25, 0.3) is 0 Å². The summed E-state index contributed by atoms with van der Waals surface area (Å²) in [5.41, 5.74) is 0.993. The fourth-order valence-corrected chi connectivity index (χ4v) is 2.77. The average molecular weight is 420 g/mol. The van der Waals surface area contributed by atoms with Crippen LogP contribution in [0.4, 0.5) is 11.4 Å². The summed E-state index contributed by atoms with van der Waals surface area (Å²) in [7, 11) is 4.54. The number of anilines is 2. The van der Waals surface area contributed by atoms with Gasteiger partial charge in [0.1, 0.15) is 0 Å². The summed E-state index contributed by atoms with van der Waals surface area (Å²) >= 11 is 17.9. The smallest absolute Gasteiger partial charge is 0.243 e. The van der Waals surface area contributed by atoms with Gasteiger partial charge in [0.15, 0.2) is 11.5 Å². The first kappa shape index (κ1) is 20.3. The molecule has 0 fully saturated rings. The Labute approximate surface area is 166 Å². The molecular formula is C17H17Cl3N2O4. The second-order valence-corrected chi connectivity index (χ2v) is 6.28. The van der Waals surface area contributed by atoms with Crippen LogP contribution in [0.5, 0.6) is 17.2 Å². The van der Waals surface area contributed by atoms with E-state index in [1.165, 1.54) is 33.5 Å². The van der Waals surface area contributed by atoms with Gasteiger partial charge in [-0.2, -0.15) is 0 Å². The number of hydrogen-bond acceptors (Lipinski definition) is 5. The van der Waals surface area contributed by atoms with Crippen LogP contribution >= 0.6 is 34.8 Å². The molecule has 2 rings (SSSR count). The van der Waals surface area contributed by atoms with Crippen molar-refractivity contribution in [3.63, 3.8) is 0 Å². The molecular weight excluding hydrogens is 403 g/mol. The van der Waals surface area contributed by atoms with Gasteiger partial charge in [0.05, 0.1) is 48.6 Å². The molecule has 2 N–H and O–H groups in total. The van der Waals surface area contributed by atoms with Gasteiger partial charge >= 0.3 is 0 Å². The molecule has 0 atom stereocenters. The summed E-state index contributed by atoms with van der Waals surface area (Å²) in [6.45, 7) is -0.0186. The number of carbonyl (C=O) groups excluding carboxylic acids is 1. The normalized spacial score (nSPS) is 10.2. The monoisotopic (exact) mass is 418 g/mol. The van der Waals surface area contributed by atoms with Gasteiger partial charge in [0.2, 0.25) is 11.7 Å². The minimum atomic E-state index is -0.320. The van der Waals surface area contributed by atoms with Crippen molar-refractivity contribution in [2.45, 2.75) is 0 Å². The molecule has 0 aromatic heterocycles. The fraction of sp³-hybridized carbons (Fsp3) is 0.235. The number of carbonyl (C=O) groups is 1. The van der Waals surface area contributed by atoms with Crippen molar-refractivity contribution in [1.29, 1.82) is 0 Å². The Kier molecular flexibility index (Phi) is 7.08. The lowest BCUT2D eigenvalue weighted by atomic mass is 10.2. The van der Waals surface area contributed by atoms with E-state index in [0.29, 0.717) is 43.7 Å². The van der Waals surface area contributed by atoms with Crippen molar-refractivity contribution in [3.8, 4) is 17.2 Å². The zero-order valence-corrected chi connectivity index (χ0v) is 16.6. The number of hydrogen-bond donors (Lipinski definition) is 2. The summed E-state index contributed by atoms with van der Waals surface area (Å²) in [6.07, 6.45) is 0. The maximum absolute atomic E-state index is 12.2. The maximum Gasteiger partial charge on any atom is 0.243 e. The van der Waals surface area contributed by atoms with E-state index in [0.717, 1.165) is 0 Å². The van der Waals surface area contributed by atoms with Crippen LogP contribution in [0.3, 0.4) is 0 Å². The number of halogens is 3. The Morgan fingerprint density at radius 2 is 1.46 bits per heavy atom. The molecule has 26 heavy (non-hydrogen) atoms. The molecule has 0 saturated heterocycles. The summed E-state index contributed by atoms with van der Waals surface area (Å²) < 4.78 is 15.8. The molecule has 2 aromatic rings. The van der Waals surface area contributed by atoms with Crippen molar-refractivity contribution in [1.82, 2.24) is 0 Å². The zero-order chi connectivity index (χ0) is 19.3. The highest BCUT2D eigenvalue weighted by Crippen LogP contribution is 2.40. The van der Waals surface area contributed by atoms with Gasteiger partial charge in [-0.05, 0) is 12.1 Å². The number of amides is 1. The van der Waals surface area contributed by atoms with E-state index in [1.54, 1.807) is 12.1 Å². The molecule has 140 valence electrons. The molecule has 1 amide bonds. The van der Waals surface area contributed by atoms with Crippen LogP contribution in [0.25, 0.3) is 0 Å². The highest BCUT2D eigenvalue weighted by Gasteiger charge is 2.14. The van der Waals surface area contributed by atoms with E-state index >= 15 is 0 Å². The van der Waals surface area contributed by atoms with Crippen LogP contribution in [0.2, 0.25) is 15.1 Å². The van der Waals surface area contributed by atoms with Crippen LogP contribution < -0.4 is 24.8 Å². The number of nitrogens with one attached hydrogen (secondary N) is 2. The molecule has 0 unspecified atom stereocenters. The third kappa shape index (κ3) is 4.78. The van der Waals surface area contributed by atoms with Gasteiger partial charge in [-0.3, -0.25) is 4.79 Å². The minimum absolute atomic E-state index is 0.0186. The third-order valence-electron chi connectivity index (χ3n) is 3.40. The van der Waals surface area contributed by atoms with Crippen LogP contribution in [-0.2, 0) is 4.79 Å². The maximum atomic E-state index is 12.2. The predicted octanol–water partition coefficient (Wildman–Crippen LogP) is 4.72. The first-order valence-electron chi connectivity index (χ1n) is 7.37. The standard InChI is InChI=1S/C17H17Cl3N2O4/c1-24-14-4-9(5-15(25-2)17(14)26-3)21-8-16(23)22-13-7-11(19)10(18)6-12(13)20/h4-7,21H,8H2,1-3H3,(H,22,23). The number of methoxy groups -OCH3 is 3. The number of rotatable bonds is 7. The average Bonchev–Trinajstić information content (AvgIpc) is 2.63.